The van der Waals surface area contributed by atoms with Crippen molar-refractivity contribution in [2.45, 2.75) is 45.4 Å². The molecular formula is C24H32N2O4S. The molecule has 0 radical (unpaired) electrons. The number of amides is 1. The number of piperazine rings is 1. The van der Waals surface area contributed by atoms with Crippen molar-refractivity contribution in [3.8, 4) is 5.75 Å². The van der Waals surface area contributed by atoms with Crippen molar-refractivity contribution in [2.24, 2.45) is 0 Å². The van der Waals surface area contributed by atoms with Crippen LogP contribution in [-0.4, -0.2) is 56.3 Å². The average molecular weight is 445 g/mol. The van der Waals surface area contributed by atoms with Gasteiger partial charge in [-0.25, -0.2) is 8.42 Å². The lowest BCUT2D eigenvalue weighted by atomic mass is 9.98. The molecule has 1 heterocycles. The van der Waals surface area contributed by atoms with Crippen molar-refractivity contribution in [2.75, 3.05) is 32.8 Å². The Bertz CT molecular complexity index is 1060. The van der Waals surface area contributed by atoms with Crippen LogP contribution in [0.5, 0.6) is 5.75 Å². The molecule has 0 N–H and O–H groups in total. The van der Waals surface area contributed by atoms with Gasteiger partial charge in [-0.1, -0.05) is 26.0 Å². The number of benzene rings is 2. The molecular weight excluding hydrogens is 412 g/mol. The molecule has 168 valence electrons. The molecule has 7 heteroatoms. The number of ether oxygens (including phenoxy) is 1. The van der Waals surface area contributed by atoms with Crippen molar-refractivity contribution in [3.05, 3.63) is 58.7 Å². The monoisotopic (exact) mass is 444 g/mol. The quantitative estimate of drug-likeness (QED) is 0.682. The number of nitrogens with zero attached hydrogens (tertiary/aromatic N) is 2. The zero-order valence-electron chi connectivity index (χ0n) is 19.0. The Kier molecular flexibility index (Phi) is 7.06. The molecule has 0 saturated carbocycles. The number of carbonyl (C=O) groups is 1. The highest BCUT2D eigenvalue weighted by Crippen LogP contribution is 2.24. The first-order chi connectivity index (χ1) is 14.6. The van der Waals surface area contributed by atoms with E-state index in [0.717, 1.165) is 16.7 Å². The fourth-order valence-corrected chi connectivity index (χ4v) is 5.33. The summed E-state index contributed by atoms with van der Waals surface area (Å²) in [5, 5.41) is 0. The summed E-state index contributed by atoms with van der Waals surface area (Å²) >= 11 is 0. The summed E-state index contributed by atoms with van der Waals surface area (Å²) in [6.45, 7) is 11.4. The van der Waals surface area contributed by atoms with E-state index in [1.165, 1.54) is 9.87 Å². The maximum absolute atomic E-state index is 12.9. The third kappa shape index (κ3) is 5.28. The predicted molar refractivity (Wildman–Crippen MR) is 122 cm³/mol. The third-order valence-electron chi connectivity index (χ3n) is 5.93. The van der Waals surface area contributed by atoms with Crippen LogP contribution in [0.1, 0.15) is 42.0 Å². The number of aryl methyl sites for hydroxylation is 3. The maximum atomic E-state index is 12.9. The smallest absolute Gasteiger partial charge is 0.260 e. The molecule has 3 rings (SSSR count). The maximum Gasteiger partial charge on any atom is 0.260 e. The Hall–Kier alpha value is -2.38. The van der Waals surface area contributed by atoms with E-state index in [1.54, 1.807) is 17.0 Å². The molecule has 0 atom stereocenters. The molecule has 1 aliphatic heterocycles. The van der Waals surface area contributed by atoms with Gasteiger partial charge in [-0.05, 0) is 73.2 Å². The largest absolute Gasteiger partial charge is 0.484 e. The summed E-state index contributed by atoms with van der Waals surface area (Å²) in [6, 6.07) is 11.1. The Morgan fingerprint density at radius 3 is 2.19 bits per heavy atom. The molecule has 6 nitrogen and oxygen atoms in total. The summed E-state index contributed by atoms with van der Waals surface area (Å²) in [6.07, 6.45) is 0. The van der Waals surface area contributed by atoms with Gasteiger partial charge in [0.1, 0.15) is 5.75 Å². The van der Waals surface area contributed by atoms with E-state index in [1.807, 2.05) is 45.0 Å². The Labute approximate surface area is 185 Å². The van der Waals surface area contributed by atoms with Gasteiger partial charge in [-0.15, -0.1) is 0 Å². The van der Waals surface area contributed by atoms with Gasteiger partial charge in [0.2, 0.25) is 10.0 Å². The molecule has 2 aromatic carbocycles. The van der Waals surface area contributed by atoms with E-state index in [4.69, 9.17) is 4.74 Å². The number of sulfonamides is 1. The van der Waals surface area contributed by atoms with Crippen molar-refractivity contribution in [3.63, 3.8) is 0 Å². The number of carbonyl (C=O) groups excluding carboxylic acids is 1. The molecule has 1 fully saturated rings. The van der Waals surface area contributed by atoms with Crippen LogP contribution in [0, 0.1) is 20.8 Å². The summed E-state index contributed by atoms with van der Waals surface area (Å²) in [7, 11) is -3.56. The topological polar surface area (TPSA) is 66.9 Å². The molecule has 0 bridgehead atoms. The second kappa shape index (κ2) is 9.40. The van der Waals surface area contributed by atoms with Crippen LogP contribution in [0.2, 0.25) is 0 Å². The SMILES string of the molecule is Cc1ccc(S(=O)(=O)N2CCN(C(=O)COc3ccc(C(C)C)c(C)c3)CC2)cc1C. The van der Waals surface area contributed by atoms with Gasteiger partial charge in [0.25, 0.3) is 5.91 Å². The predicted octanol–water partition coefficient (Wildman–Crippen LogP) is 3.65. The second-order valence-corrected chi connectivity index (χ2v) is 10.4. The minimum Gasteiger partial charge on any atom is -0.484 e. The van der Waals surface area contributed by atoms with Gasteiger partial charge >= 0.3 is 0 Å². The molecule has 0 unspecified atom stereocenters. The fraction of sp³-hybridized carbons (Fsp3) is 0.458. The molecule has 0 spiro atoms. The molecule has 0 aromatic heterocycles. The van der Waals surface area contributed by atoms with Crippen LogP contribution in [0.3, 0.4) is 0 Å². The lowest BCUT2D eigenvalue weighted by Crippen LogP contribution is -2.51. The van der Waals surface area contributed by atoms with E-state index in [9.17, 15) is 13.2 Å². The molecule has 31 heavy (non-hydrogen) atoms. The van der Waals surface area contributed by atoms with Gasteiger partial charge in [0.15, 0.2) is 6.61 Å². The summed E-state index contributed by atoms with van der Waals surface area (Å²) in [4.78, 5) is 14.5. The first kappa shape index (κ1) is 23.3. The number of hydrogen-bond acceptors (Lipinski definition) is 4. The zero-order chi connectivity index (χ0) is 22.8. The normalized spacial score (nSPS) is 15.4. The molecule has 1 amide bonds. The van der Waals surface area contributed by atoms with Crippen LogP contribution in [-0.2, 0) is 14.8 Å². The first-order valence-corrected chi connectivity index (χ1v) is 12.1. The lowest BCUT2D eigenvalue weighted by molar-refractivity contribution is -0.134. The second-order valence-electron chi connectivity index (χ2n) is 8.49. The van der Waals surface area contributed by atoms with Gasteiger partial charge in [0, 0.05) is 26.2 Å². The van der Waals surface area contributed by atoms with Gasteiger partial charge in [0.05, 0.1) is 4.90 Å². The number of rotatable bonds is 6. The van der Waals surface area contributed by atoms with E-state index >= 15 is 0 Å². The Morgan fingerprint density at radius 1 is 0.935 bits per heavy atom. The van der Waals surface area contributed by atoms with Gasteiger partial charge in [-0.2, -0.15) is 4.31 Å². The zero-order valence-corrected chi connectivity index (χ0v) is 19.8. The molecule has 1 saturated heterocycles. The van der Waals surface area contributed by atoms with Crippen LogP contribution in [0.4, 0.5) is 0 Å². The van der Waals surface area contributed by atoms with Crippen molar-refractivity contribution in [1.82, 2.24) is 9.21 Å². The lowest BCUT2D eigenvalue weighted by Gasteiger charge is -2.34. The van der Waals surface area contributed by atoms with Crippen molar-refractivity contribution in [1.29, 1.82) is 0 Å². The highest BCUT2D eigenvalue weighted by molar-refractivity contribution is 7.89. The van der Waals surface area contributed by atoms with Crippen molar-refractivity contribution >= 4 is 15.9 Å². The molecule has 0 aliphatic carbocycles. The highest BCUT2D eigenvalue weighted by atomic mass is 32.2. The Balaban J connectivity index is 1.56. The highest BCUT2D eigenvalue weighted by Gasteiger charge is 2.30. The summed E-state index contributed by atoms with van der Waals surface area (Å²) in [5.41, 5.74) is 4.41. The van der Waals surface area contributed by atoms with Crippen LogP contribution in [0.15, 0.2) is 41.3 Å². The third-order valence-corrected chi connectivity index (χ3v) is 7.83. The van der Waals surface area contributed by atoms with E-state index in [0.29, 0.717) is 29.7 Å². The number of hydrogen-bond donors (Lipinski definition) is 0. The fourth-order valence-electron chi connectivity index (χ4n) is 3.82. The van der Waals surface area contributed by atoms with Gasteiger partial charge in [-0.3, -0.25) is 4.79 Å². The minimum atomic E-state index is -3.56. The minimum absolute atomic E-state index is 0.0512. The van der Waals surface area contributed by atoms with Crippen LogP contribution >= 0.6 is 0 Å². The average Bonchev–Trinajstić information content (AvgIpc) is 2.73. The van der Waals surface area contributed by atoms with Crippen molar-refractivity contribution < 1.29 is 17.9 Å². The van der Waals surface area contributed by atoms with Crippen LogP contribution < -0.4 is 4.74 Å². The van der Waals surface area contributed by atoms with Crippen LogP contribution in [0.25, 0.3) is 0 Å². The molecule has 2 aromatic rings. The summed E-state index contributed by atoms with van der Waals surface area (Å²) < 4.78 is 33.0. The molecule has 1 aliphatic rings. The Morgan fingerprint density at radius 2 is 1.61 bits per heavy atom. The first-order valence-electron chi connectivity index (χ1n) is 10.7. The van der Waals surface area contributed by atoms with E-state index < -0.39 is 10.0 Å². The van der Waals surface area contributed by atoms with Gasteiger partial charge < -0.3 is 9.64 Å². The standard InChI is InChI=1S/C24H32N2O4S/c1-17(2)23-9-7-21(14-20(23)5)30-16-24(27)25-10-12-26(13-11-25)31(28,29)22-8-6-18(3)19(4)15-22/h6-9,14-15,17H,10-13,16H2,1-5H3. The summed E-state index contributed by atoms with van der Waals surface area (Å²) in [5.74, 6) is 0.979. The van der Waals surface area contributed by atoms with E-state index in [-0.39, 0.29) is 25.6 Å². The van der Waals surface area contributed by atoms with E-state index in [2.05, 4.69) is 13.8 Å².